The van der Waals surface area contributed by atoms with E-state index >= 15 is 0 Å². The van der Waals surface area contributed by atoms with E-state index in [1.165, 1.54) is 0 Å². The molecule has 1 fully saturated rings. The zero-order valence-corrected chi connectivity index (χ0v) is 15.0. The van der Waals surface area contributed by atoms with Crippen LogP contribution in [0, 0.1) is 0 Å². The van der Waals surface area contributed by atoms with Crippen molar-refractivity contribution in [3.05, 3.63) is 30.1 Å². The van der Waals surface area contributed by atoms with E-state index in [-0.39, 0.29) is 0 Å². The SMILES string of the molecule is COc1cccc(OCCSc2nnc(C3CCNCC3)n2C)c1. The van der Waals surface area contributed by atoms with Gasteiger partial charge in [0.05, 0.1) is 13.7 Å². The van der Waals surface area contributed by atoms with Gasteiger partial charge in [-0.3, -0.25) is 0 Å². The molecule has 2 heterocycles. The molecule has 0 amide bonds. The van der Waals surface area contributed by atoms with E-state index in [0.717, 1.165) is 54.2 Å². The average Bonchev–Trinajstić information content (AvgIpc) is 3.00. The molecule has 0 saturated carbocycles. The van der Waals surface area contributed by atoms with Crippen molar-refractivity contribution in [2.24, 2.45) is 7.05 Å². The molecule has 0 spiro atoms. The Bertz CT molecular complexity index is 656. The van der Waals surface area contributed by atoms with Crippen molar-refractivity contribution >= 4 is 11.8 Å². The van der Waals surface area contributed by atoms with E-state index < -0.39 is 0 Å². The summed E-state index contributed by atoms with van der Waals surface area (Å²) in [5.74, 6) is 4.08. The molecule has 7 heteroatoms. The highest BCUT2D eigenvalue weighted by molar-refractivity contribution is 7.99. The number of thioether (sulfide) groups is 1. The first-order chi connectivity index (χ1) is 11.8. The summed E-state index contributed by atoms with van der Waals surface area (Å²) in [6.07, 6.45) is 2.27. The monoisotopic (exact) mass is 348 g/mol. The van der Waals surface area contributed by atoms with Crippen LogP contribution in [0.4, 0.5) is 0 Å². The van der Waals surface area contributed by atoms with Gasteiger partial charge in [0.1, 0.15) is 17.3 Å². The van der Waals surface area contributed by atoms with Crippen molar-refractivity contribution in [3.63, 3.8) is 0 Å². The van der Waals surface area contributed by atoms with Crippen LogP contribution in [0.5, 0.6) is 11.5 Å². The van der Waals surface area contributed by atoms with Crippen LogP contribution >= 0.6 is 11.8 Å². The number of aromatic nitrogens is 3. The van der Waals surface area contributed by atoms with Gasteiger partial charge in [-0.05, 0) is 38.1 Å². The fourth-order valence-corrected chi connectivity index (χ4v) is 3.61. The van der Waals surface area contributed by atoms with E-state index in [4.69, 9.17) is 9.47 Å². The van der Waals surface area contributed by atoms with Gasteiger partial charge in [0.15, 0.2) is 5.16 Å². The van der Waals surface area contributed by atoms with Gasteiger partial charge in [-0.2, -0.15) is 0 Å². The Morgan fingerprint density at radius 3 is 2.83 bits per heavy atom. The Balaban J connectivity index is 1.49. The summed E-state index contributed by atoms with van der Waals surface area (Å²) in [6, 6.07) is 7.66. The van der Waals surface area contributed by atoms with Crippen LogP contribution in [0.1, 0.15) is 24.6 Å². The van der Waals surface area contributed by atoms with E-state index in [1.54, 1.807) is 18.9 Å². The molecule has 1 aliphatic heterocycles. The first kappa shape index (κ1) is 17.1. The zero-order valence-electron chi connectivity index (χ0n) is 14.2. The van der Waals surface area contributed by atoms with E-state index in [1.807, 2.05) is 24.3 Å². The van der Waals surface area contributed by atoms with Crippen LogP contribution in [-0.4, -0.2) is 47.3 Å². The standard InChI is InChI=1S/C17H24N4O2S/c1-21-16(13-6-8-18-9-7-13)19-20-17(21)24-11-10-23-15-5-3-4-14(12-15)22-2/h3-5,12-13,18H,6-11H2,1-2H3. The number of hydrogen-bond donors (Lipinski definition) is 1. The van der Waals surface area contributed by atoms with Crippen LogP contribution in [0.2, 0.25) is 0 Å². The fraction of sp³-hybridized carbons (Fsp3) is 0.529. The summed E-state index contributed by atoms with van der Waals surface area (Å²) in [6.45, 7) is 2.75. The number of hydrogen-bond acceptors (Lipinski definition) is 6. The van der Waals surface area contributed by atoms with Crippen LogP contribution in [0.15, 0.2) is 29.4 Å². The Kier molecular flexibility index (Phi) is 5.98. The lowest BCUT2D eigenvalue weighted by molar-refractivity contribution is 0.339. The van der Waals surface area contributed by atoms with Crippen LogP contribution in [0.25, 0.3) is 0 Å². The highest BCUT2D eigenvalue weighted by Crippen LogP contribution is 2.26. The minimum absolute atomic E-state index is 0.520. The molecule has 1 aromatic heterocycles. The van der Waals surface area contributed by atoms with Crippen LogP contribution < -0.4 is 14.8 Å². The van der Waals surface area contributed by atoms with Crippen molar-refractivity contribution in [2.45, 2.75) is 23.9 Å². The Morgan fingerprint density at radius 2 is 2.04 bits per heavy atom. The summed E-state index contributed by atoms with van der Waals surface area (Å²) in [7, 11) is 3.71. The molecule has 1 saturated heterocycles. The second kappa shape index (κ2) is 8.39. The number of rotatable bonds is 7. The minimum Gasteiger partial charge on any atom is -0.497 e. The van der Waals surface area contributed by atoms with Gasteiger partial charge < -0.3 is 19.4 Å². The van der Waals surface area contributed by atoms with Gasteiger partial charge in [-0.1, -0.05) is 17.8 Å². The van der Waals surface area contributed by atoms with Crippen LogP contribution in [0.3, 0.4) is 0 Å². The molecule has 0 bridgehead atoms. The molecule has 130 valence electrons. The molecular formula is C17H24N4O2S. The van der Waals surface area contributed by atoms with E-state index in [9.17, 15) is 0 Å². The number of methoxy groups -OCH3 is 1. The number of ether oxygens (including phenoxy) is 2. The predicted molar refractivity (Wildman–Crippen MR) is 95.1 cm³/mol. The highest BCUT2D eigenvalue weighted by atomic mass is 32.2. The third-order valence-corrected chi connectivity index (χ3v) is 5.18. The largest absolute Gasteiger partial charge is 0.497 e. The van der Waals surface area contributed by atoms with Gasteiger partial charge in [0.2, 0.25) is 0 Å². The van der Waals surface area contributed by atoms with E-state index in [2.05, 4.69) is 27.1 Å². The zero-order chi connectivity index (χ0) is 16.8. The van der Waals surface area contributed by atoms with Crippen LogP contribution in [-0.2, 0) is 7.05 Å². The second-order valence-corrected chi connectivity index (χ2v) is 6.86. The molecule has 0 atom stereocenters. The van der Waals surface area contributed by atoms with Gasteiger partial charge in [-0.25, -0.2) is 0 Å². The maximum atomic E-state index is 5.77. The molecule has 1 aromatic carbocycles. The van der Waals surface area contributed by atoms with Crippen molar-refractivity contribution in [1.29, 1.82) is 0 Å². The number of benzene rings is 1. The first-order valence-corrected chi connectivity index (χ1v) is 9.26. The molecule has 0 unspecified atom stereocenters. The molecule has 6 nitrogen and oxygen atoms in total. The Hall–Kier alpha value is -1.73. The lowest BCUT2D eigenvalue weighted by atomic mass is 9.97. The number of piperidine rings is 1. The summed E-state index contributed by atoms with van der Waals surface area (Å²) in [5.41, 5.74) is 0. The summed E-state index contributed by atoms with van der Waals surface area (Å²) in [5, 5.41) is 13.1. The Morgan fingerprint density at radius 1 is 1.25 bits per heavy atom. The lowest BCUT2D eigenvalue weighted by Gasteiger charge is -2.21. The quantitative estimate of drug-likeness (QED) is 0.613. The average molecular weight is 348 g/mol. The molecule has 0 radical (unpaired) electrons. The second-order valence-electron chi connectivity index (χ2n) is 5.80. The lowest BCUT2D eigenvalue weighted by Crippen LogP contribution is -2.27. The van der Waals surface area contributed by atoms with Crippen molar-refractivity contribution in [3.8, 4) is 11.5 Å². The Labute approximate surface area is 146 Å². The topological polar surface area (TPSA) is 61.2 Å². The normalized spacial score (nSPS) is 15.4. The molecular weight excluding hydrogens is 324 g/mol. The maximum Gasteiger partial charge on any atom is 0.191 e. The predicted octanol–water partition coefficient (Wildman–Crippen LogP) is 2.46. The molecule has 1 N–H and O–H groups in total. The maximum absolute atomic E-state index is 5.77. The minimum atomic E-state index is 0.520. The van der Waals surface area contributed by atoms with Gasteiger partial charge in [0.25, 0.3) is 0 Å². The molecule has 0 aliphatic carbocycles. The molecule has 24 heavy (non-hydrogen) atoms. The third kappa shape index (κ3) is 4.21. The fourth-order valence-electron chi connectivity index (χ4n) is 2.87. The molecule has 1 aliphatic rings. The van der Waals surface area contributed by atoms with Gasteiger partial charge >= 0.3 is 0 Å². The van der Waals surface area contributed by atoms with E-state index in [0.29, 0.717) is 12.5 Å². The summed E-state index contributed by atoms with van der Waals surface area (Å²) in [4.78, 5) is 0. The summed E-state index contributed by atoms with van der Waals surface area (Å²) < 4.78 is 13.1. The van der Waals surface area contributed by atoms with Crippen molar-refractivity contribution in [1.82, 2.24) is 20.1 Å². The first-order valence-electron chi connectivity index (χ1n) is 8.27. The highest BCUT2D eigenvalue weighted by Gasteiger charge is 2.21. The number of nitrogens with one attached hydrogen (secondary N) is 1. The third-order valence-electron chi connectivity index (χ3n) is 4.20. The number of nitrogens with zero attached hydrogens (tertiary/aromatic N) is 3. The smallest absolute Gasteiger partial charge is 0.191 e. The molecule has 2 aromatic rings. The van der Waals surface area contributed by atoms with Crippen molar-refractivity contribution < 1.29 is 9.47 Å². The van der Waals surface area contributed by atoms with Gasteiger partial charge in [-0.15, -0.1) is 10.2 Å². The summed E-state index contributed by atoms with van der Waals surface area (Å²) >= 11 is 1.68. The molecule has 3 rings (SSSR count). The van der Waals surface area contributed by atoms with Crippen molar-refractivity contribution in [2.75, 3.05) is 32.6 Å². The van der Waals surface area contributed by atoms with Gasteiger partial charge in [0, 0.05) is 24.8 Å².